The number of hydrogen-bond acceptors (Lipinski definition) is 4. The second-order valence-electron chi connectivity index (χ2n) is 6.01. The number of carbonyl (C=O) groups excluding carboxylic acids is 1. The molecule has 0 bridgehead atoms. The van der Waals surface area contributed by atoms with Crippen LogP contribution in [0.5, 0.6) is 5.75 Å². The first kappa shape index (κ1) is 19.2. The van der Waals surface area contributed by atoms with E-state index in [2.05, 4.69) is 6.07 Å². The zero-order chi connectivity index (χ0) is 19.8. The standard InChI is InChI=1S/C22H19FN2O3/c23-18-7-9-19(10-8-18)27-14-15-28-22(26)11-6-17-16-25(13-3-12-24)21-5-2-1-4-20(17)21/h1-2,4-11,16H,3,13-15H2/b11-6+. The first-order valence-electron chi connectivity index (χ1n) is 8.85. The van der Waals surface area contributed by atoms with Crippen molar-refractivity contribution in [3.05, 3.63) is 72.2 Å². The van der Waals surface area contributed by atoms with Crippen LogP contribution >= 0.6 is 0 Å². The highest BCUT2D eigenvalue weighted by Gasteiger charge is 2.06. The molecular formula is C22H19FN2O3. The number of ether oxygens (including phenoxy) is 2. The van der Waals surface area contributed by atoms with Gasteiger partial charge in [0.05, 0.1) is 12.5 Å². The Hall–Kier alpha value is -3.59. The van der Waals surface area contributed by atoms with Gasteiger partial charge < -0.3 is 14.0 Å². The maximum Gasteiger partial charge on any atom is 0.330 e. The number of nitrogens with zero attached hydrogens (tertiary/aromatic N) is 2. The van der Waals surface area contributed by atoms with E-state index in [1.807, 2.05) is 35.0 Å². The van der Waals surface area contributed by atoms with Crippen LogP contribution in [0.2, 0.25) is 0 Å². The quantitative estimate of drug-likeness (QED) is 0.332. The van der Waals surface area contributed by atoms with Gasteiger partial charge in [-0.25, -0.2) is 9.18 Å². The highest BCUT2D eigenvalue weighted by atomic mass is 19.1. The number of aryl methyl sites for hydroxylation is 1. The van der Waals surface area contributed by atoms with Gasteiger partial charge in [0.2, 0.25) is 0 Å². The average molecular weight is 378 g/mol. The monoisotopic (exact) mass is 378 g/mol. The second-order valence-corrected chi connectivity index (χ2v) is 6.01. The van der Waals surface area contributed by atoms with E-state index in [1.165, 1.54) is 30.3 Å². The van der Waals surface area contributed by atoms with Crippen LogP contribution in [-0.4, -0.2) is 23.8 Å². The predicted octanol–water partition coefficient (Wildman–Crippen LogP) is 4.33. The summed E-state index contributed by atoms with van der Waals surface area (Å²) < 4.78 is 25.3. The summed E-state index contributed by atoms with van der Waals surface area (Å²) in [5, 5.41) is 9.81. The van der Waals surface area contributed by atoms with Crippen LogP contribution in [-0.2, 0) is 16.1 Å². The molecule has 0 amide bonds. The van der Waals surface area contributed by atoms with Gasteiger partial charge in [-0.15, -0.1) is 0 Å². The summed E-state index contributed by atoms with van der Waals surface area (Å²) in [6, 6.07) is 15.6. The molecule has 2 aromatic carbocycles. The Morgan fingerprint density at radius 2 is 1.93 bits per heavy atom. The summed E-state index contributed by atoms with van der Waals surface area (Å²) in [6.45, 7) is 0.860. The Labute approximate surface area is 162 Å². The van der Waals surface area contributed by atoms with E-state index in [0.717, 1.165) is 16.5 Å². The largest absolute Gasteiger partial charge is 0.490 e. The third-order valence-electron chi connectivity index (χ3n) is 4.09. The SMILES string of the molecule is N#CCCn1cc(/C=C/C(=O)OCCOc2ccc(F)cc2)c2ccccc21. The van der Waals surface area contributed by atoms with E-state index < -0.39 is 5.97 Å². The predicted molar refractivity (Wildman–Crippen MR) is 104 cm³/mol. The number of hydrogen-bond donors (Lipinski definition) is 0. The van der Waals surface area contributed by atoms with Gasteiger partial charge in [0, 0.05) is 35.3 Å². The molecule has 0 saturated heterocycles. The van der Waals surface area contributed by atoms with Crippen molar-refractivity contribution >= 4 is 22.9 Å². The van der Waals surface area contributed by atoms with Crippen LogP contribution in [0.1, 0.15) is 12.0 Å². The molecule has 0 aliphatic rings. The van der Waals surface area contributed by atoms with E-state index in [1.54, 1.807) is 6.08 Å². The van der Waals surface area contributed by atoms with Crippen molar-refractivity contribution in [2.24, 2.45) is 0 Å². The van der Waals surface area contributed by atoms with E-state index in [0.29, 0.717) is 18.7 Å². The van der Waals surface area contributed by atoms with Crippen molar-refractivity contribution in [1.82, 2.24) is 4.57 Å². The minimum absolute atomic E-state index is 0.0878. The van der Waals surface area contributed by atoms with Crippen LogP contribution in [0.4, 0.5) is 4.39 Å². The fraction of sp³-hybridized carbons (Fsp3) is 0.182. The van der Waals surface area contributed by atoms with Gasteiger partial charge in [0.25, 0.3) is 0 Å². The Kier molecular flexibility index (Phi) is 6.42. The minimum atomic E-state index is -0.475. The van der Waals surface area contributed by atoms with Gasteiger partial charge >= 0.3 is 5.97 Å². The first-order valence-corrected chi connectivity index (χ1v) is 8.85. The van der Waals surface area contributed by atoms with Crippen molar-refractivity contribution in [3.63, 3.8) is 0 Å². The molecule has 1 heterocycles. The van der Waals surface area contributed by atoms with Gasteiger partial charge in [0.15, 0.2) is 0 Å². The van der Waals surface area contributed by atoms with Gasteiger partial charge in [-0.3, -0.25) is 0 Å². The highest BCUT2D eigenvalue weighted by Crippen LogP contribution is 2.22. The Morgan fingerprint density at radius 1 is 1.14 bits per heavy atom. The molecule has 0 unspecified atom stereocenters. The van der Waals surface area contributed by atoms with E-state index >= 15 is 0 Å². The highest BCUT2D eigenvalue weighted by molar-refractivity contribution is 5.94. The fourth-order valence-corrected chi connectivity index (χ4v) is 2.80. The Bertz CT molecular complexity index is 1020. The van der Waals surface area contributed by atoms with Crippen molar-refractivity contribution in [3.8, 4) is 11.8 Å². The summed E-state index contributed by atoms with van der Waals surface area (Å²) in [5.74, 6) is -0.298. The molecule has 0 spiro atoms. The number of benzene rings is 2. The molecule has 1 aromatic heterocycles. The molecule has 0 saturated carbocycles. The number of rotatable bonds is 8. The summed E-state index contributed by atoms with van der Waals surface area (Å²) in [7, 11) is 0. The van der Waals surface area contributed by atoms with Gasteiger partial charge in [0.1, 0.15) is 24.8 Å². The average Bonchev–Trinajstić information content (AvgIpc) is 3.07. The fourth-order valence-electron chi connectivity index (χ4n) is 2.80. The van der Waals surface area contributed by atoms with E-state index in [-0.39, 0.29) is 19.0 Å². The molecule has 0 atom stereocenters. The smallest absolute Gasteiger partial charge is 0.330 e. The lowest BCUT2D eigenvalue weighted by Gasteiger charge is -2.05. The van der Waals surface area contributed by atoms with Crippen LogP contribution in [0.25, 0.3) is 17.0 Å². The molecule has 6 heteroatoms. The van der Waals surface area contributed by atoms with E-state index in [9.17, 15) is 9.18 Å². The normalized spacial score (nSPS) is 10.9. The summed E-state index contributed by atoms with van der Waals surface area (Å²) in [4.78, 5) is 11.9. The van der Waals surface area contributed by atoms with Crippen molar-refractivity contribution in [2.45, 2.75) is 13.0 Å². The minimum Gasteiger partial charge on any atom is -0.490 e. The molecule has 5 nitrogen and oxygen atoms in total. The molecule has 0 aliphatic heterocycles. The van der Waals surface area contributed by atoms with Gasteiger partial charge in [-0.05, 0) is 36.4 Å². The summed E-state index contributed by atoms with van der Waals surface area (Å²) >= 11 is 0. The topological polar surface area (TPSA) is 64.2 Å². The molecule has 142 valence electrons. The lowest BCUT2D eigenvalue weighted by Crippen LogP contribution is -2.10. The number of fused-ring (bicyclic) bond motifs is 1. The zero-order valence-corrected chi connectivity index (χ0v) is 15.2. The number of carbonyl (C=O) groups is 1. The molecule has 3 aromatic rings. The first-order chi connectivity index (χ1) is 13.7. The van der Waals surface area contributed by atoms with Gasteiger partial charge in [-0.1, -0.05) is 18.2 Å². The zero-order valence-electron chi connectivity index (χ0n) is 15.2. The van der Waals surface area contributed by atoms with Crippen molar-refractivity contribution in [2.75, 3.05) is 13.2 Å². The third kappa shape index (κ3) is 4.98. The number of nitriles is 1. The third-order valence-corrected chi connectivity index (χ3v) is 4.09. The van der Waals surface area contributed by atoms with Crippen LogP contribution in [0.3, 0.4) is 0 Å². The van der Waals surface area contributed by atoms with Crippen LogP contribution in [0.15, 0.2) is 60.8 Å². The Morgan fingerprint density at radius 3 is 2.71 bits per heavy atom. The number of para-hydroxylation sites is 1. The Balaban J connectivity index is 1.55. The maximum atomic E-state index is 12.8. The number of halogens is 1. The number of esters is 1. The van der Waals surface area contributed by atoms with Crippen molar-refractivity contribution in [1.29, 1.82) is 5.26 Å². The molecular weight excluding hydrogens is 359 g/mol. The van der Waals surface area contributed by atoms with Crippen LogP contribution in [0, 0.1) is 17.1 Å². The summed E-state index contributed by atoms with van der Waals surface area (Å²) in [5.41, 5.74) is 1.89. The van der Waals surface area contributed by atoms with E-state index in [4.69, 9.17) is 14.7 Å². The lowest BCUT2D eigenvalue weighted by atomic mass is 10.1. The maximum absolute atomic E-state index is 12.8. The molecule has 0 aliphatic carbocycles. The number of aromatic nitrogens is 1. The van der Waals surface area contributed by atoms with Crippen molar-refractivity contribution < 1.29 is 18.7 Å². The molecule has 0 radical (unpaired) electrons. The molecule has 0 fully saturated rings. The molecule has 3 rings (SSSR count). The molecule has 28 heavy (non-hydrogen) atoms. The summed E-state index contributed by atoms with van der Waals surface area (Å²) in [6.07, 6.45) is 5.41. The molecule has 0 N–H and O–H groups in total. The lowest BCUT2D eigenvalue weighted by molar-refractivity contribution is -0.138. The van der Waals surface area contributed by atoms with Gasteiger partial charge in [-0.2, -0.15) is 5.26 Å². The second kappa shape index (κ2) is 9.38. The van der Waals surface area contributed by atoms with Crippen LogP contribution < -0.4 is 4.74 Å².